The number of halogens is 2. The minimum absolute atomic E-state index is 0.577. The van der Waals surface area contributed by atoms with Crippen molar-refractivity contribution in [3.63, 3.8) is 0 Å². The Bertz CT molecular complexity index is 704. The van der Waals surface area contributed by atoms with Gasteiger partial charge in [-0.1, -0.05) is 41.4 Å². The summed E-state index contributed by atoms with van der Waals surface area (Å²) in [5.41, 5.74) is 3.13. The van der Waals surface area contributed by atoms with E-state index >= 15 is 0 Å². The number of H-pyrrole nitrogens is 1. The van der Waals surface area contributed by atoms with Gasteiger partial charge >= 0.3 is 0 Å². The quantitative estimate of drug-likeness (QED) is 0.760. The van der Waals surface area contributed by atoms with Crippen LogP contribution in [0.5, 0.6) is 0 Å². The number of rotatable bonds is 4. The second-order valence-electron chi connectivity index (χ2n) is 4.55. The molecule has 3 aromatic rings. The fourth-order valence-electron chi connectivity index (χ4n) is 2.06. The van der Waals surface area contributed by atoms with E-state index in [9.17, 15) is 0 Å². The first-order valence-electron chi connectivity index (χ1n) is 6.30. The van der Waals surface area contributed by atoms with Crippen LogP contribution in [-0.2, 0) is 13.1 Å². The van der Waals surface area contributed by atoms with Crippen LogP contribution in [0.25, 0.3) is 11.0 Å². The molecule has 3 nitrogen and oxygen atoms in total. The van der Waals surface area contributed by atoms with Gasteiger partial charge in [-0.2, -0.15) is 0 Å². The number of fused-ring (bicyclic) bond motifs is 1. The minimum Gasteiger partial charge on any atom is -0.341 e. The summed E-state index contributed by atoms with van der Waals surface area (Å²) < 4.78 is 0. The van der Waals surface area contributed by atoms with Crippen molar-refractivity contribution >= 4 is 34.2 Å². The summed E-state index contributed by atoms with van der Waals surface area (Å²) >= 11 is 11.9. The Morgan fingerprint density at radius 2 is 1.85 bits per heavy atom. The minimum atomic E-state index is 0.577. The molecule has 0 aliphatic carbocycles. The average Bonchev–Trinajstić information content (AvgIpc) is 2.85. The Balaban J connectivity index is 1.63. The van der Waals surface area contributed by atoms with Gasteiger partial charge in [-0.15, -0.1) is 0 Å². The largest absolute Gasteiger partial charge is 0.341 e. The van der Waals surface area contributed by atoms with E-state index in [-0.39, 0.29) is 0 Å². The summed E-state index contributed by atoms with van der Waals surface area (Å²) in [6.07, 6.45) is 0. The average molecular weight is 306 g/mol. The maximum Gasteiger partial charge on any atom is 0.121 e. The Morgan fingerprint density at radius 1 is 1.00 bits per heavy atom. The van der Waals surface area contributed by atoms with Crippen LogP contribution in [0.3, 0.4) is 0 Å². The fourth-order valence-corrected chi connectivity index (χ4v) is 2.38. The molecule has 1 aromatic heterocycles. The molecule has 0 aliphatic rings. The first kappa shape index (κ1) is 13.4. The van der Waals surface area contributed by atoms with Crippen LogP contribution in [0, 0.1) is 0 Å². The summed E-state index contributed by atoms with van der Waals surface area (Å²) in [5.74, 6) is 0.922. The first-order valence-corrected chi connectivity index (χ1v) is 7.06. The van der Waals surface area contributed by atoms with E-state index in [0.717, 1.165) is 22.4 Å². The molecule has 0 atom stereocenters. The van der Waals surface area contributed by atoms with E-state index in [4.69, 9.17) is 23.2 Å². The highest BCUT2D eigenvalue weighted by Gasteiger charge is 2.02. The van der Waals surface area contributed by atoms with Gasteiger partial charge in [0.1, 0.15) is 5.82 Å². The second kappa shape index (κ2) is 5.83. The van der Waals surface area contributed by atoms with Crippen LogP contribution >= 0.6 is 23.2 Å². The molecule has 0 radical (unpaired) electrons. The molecule has 3 rings (SSSR count). The van der Waals surface area contributed by atoms with Crippen molar-refractivity contribution in [3.8, 4) is 0 Å². The number of hydrogen-bond donors (Lipinski definition) is 2. The smallest absolute Gasteiger partial charge is 0.121 e. The molecule has 2 aromatic carbocycles. The Hall–Kier alpha value is -1.55. The summed E-state index contributed by atoms with van der Waals surface area (Å²) in [4.78, 5) is 7.79. The summed E-state index contributed by atoms with van der Waals surface area (Å²) in [6, 6.07) is 13.6. The van der Waals surface area contributed by atoms with Crippen molar-refractivity contribution in [2.75, 3.05) is 0 Å². The summed E-state index contributed by atoms with van der Waals surface area (Å²) in [7, 11) is 0. The van der Waals surface area contributed by atoms with Crippen LogP contribution in [0.15, 0.2) is 42.5 Å². The molecule has 0 fully saturated rings. The lowest BCUT2D eigenvalue weighted by Gasteiger charge is -2.04. The van der Waals surface area contributed by atoms with E-state index in [2.05, 4.69) is 15.3 Å². The molecule has 0 aliphatic heterocycles. The number of nitrogens with one attached hydrogen (secondary N) is 2. The van der Waals surface area contributed by atoms with Gasteiger partial charge in [0.15, 0.2) is 0 Å². The van der Waals surface area contributed by atoms with Crippen LogP contribution in [0.2, 0.25) is 10.0 Å². The molecule has 0 unspecified atom stereocenters. The standard InChI is InChI=1S/C15H13Cl2N3/c16-11-6-5-10(7-12(11)17)8-18-9-15-19-13-3-1-2-4-14(13)20-15/h1-7,18H,8-9H2,(H,19,20). The lowest BCUT2D eigenvalue weighted by atomic mass is 10.2. The molecule has 20 heavy (non-hydrogen) atoms. The monoisotopic (exact) mass is 305 g/mol. The van der Waals surface area contributed by atoms with Gasteiger partial charge in [0.2, 0.25) is 0 Å². The van der Waals surface area contributed by atoms with E-state index < -0.39 is 0 Å². The van der Waals surface area contributed by atoms with Gasteiger partial charge in [-0.05, 0) is 29.8 Å². The Kier molecular flexibility index (Phi) is 3.92. The third-order valence-corrected chi connectivity index (χ3v) is 3.78. The van der Waals surface area contributed by atoms with Crippen LogP contribution in [-0.4, -0.2) is 9.97 Å². The zero-order valence-corrected chi connectivity index (χ0v) is 12.2. The molecule has 0 amide bonds. The zero-order valence-electron chi connectivity index (χ0n) is 10.7. The molecular formula is C15H13Cl2N3. The topological polar surface area (TPSA) is 40.7 Å². The van der Waals surface area contributed by atoms with Gasteiger partial charge in [-0.25, -0.2) is 4.98 Å². The van der Waals surface area contributed by atoms with Crippen LogP contribution in [0.1, 0.15) is 11.4 Å². The normalized spacial score (nSPS) is 11.1. The van der Waals surface area contributed by atoms with Crippen molar-refractivity contribution in [2.45, 2.75) is 13.1 Å². The summed E-state index contributed by atoms with van der Waals surface area (Å²) in [6.45, 7) is 1.39. The highest BCUT2D eigenvalue weighted by molar-refractivity contribution is 6.42. The second-order valence-corrected chi connectivity index (χ2v) is 5.37. The molecule has 1 heterocycles. The fraction of sp³-hybridized carbons (Fsp3) is 0.133. The van der Waals surface area contributed by atoms with Crippen LogP contribution < -0.4 is 5.32 Å². The lowest BCUT2D eigenvalue weighted by molar-refractivity contribution is 0.670. The number of nitrogens with zero attached hydrogens (tertiary/aromatic N) is 1. The number of aromatic amines is 1. The predicted octanol–water partition coefficient (Wildman–Crippen LogP) is 4.16. The van der Waals surface area contributed by atoms with E-state index in [1.54, 1.807) is 0 Å². The van der Waals surface area contributed by atoms with Gasteiger partial charge in [0.05, 0.1) is 27.6 Å². The molecule has 102 valence electrons. The van der Waals surface area contributed by atoms with Gasteiger partial charge in [0, 0.05) is 6.54 Å². The lowest BCUT2D eigenvalue weighted by Crippen LogP contribution is -2.13. The maximum absolute atomic E-state index is 5.98. The van der Waals surface area contributed by atoms with E-state index in [1.807, 2.05) is 42.5 Å². The number of aromatic nitrogens is 2. The number of hydrogen-bond acceptors (Lipinski definition) is 2. The third-order valence-electron chi connectivity index (χ3n) is 3.04. The van der Waals surface area contributed by atoms with Gasteiger partial charge in [0.25, 0.3) is 0 Å². The van der Waals surface area contributed by atoms with Crippen LogP contribution in [0.4, 0.5) is 0 Å². The van der Waals surface area contributed by atoms with Crippen molar-refractivity contribution < 1.29 is 0 Å². The Morgan fingerprint density at radius 3 is 2.65 bits per heavy atom. The van der Waals surface area contributed by atoms with Crippen molar-refractivity contribution in [1.29, 1.82) is 0 Å². The SMILES string of the molecule is Clc1ccc(CNCc2nc3ccccc3[nH]2)cc1Cl. The molecule has 0 spiro atoms. The van der Waals surface area contributed by atoms with Crippen molar-refractivity contribution in [3.05, 3.63) is 63.9 Å². The maximum atomic E-state index is 5.98. The van der Waals surface area contributed by atoms with E-state index in [0.29, 0.717) is 23.1 Å². The predicted molar refractivity (Wildman–Crippen MR) is 83.1 cm³/mol. The molecule has 0 saturated heterocycles. The highest BCUT2D eigenvalue weighted by Crippen LogP contribution is 2.22. The molecule has 0 bridgehead atoms. The first-order chi connectivity index (χ1) is 9.72. The highest BCUT2D eigenvalue weighted by atomic mass is 35.5. The molecule has 0 saturated carbocycles. The van der Waals surface area contributed by atoms with E-state index in [1.165, 1.54) is 0 Å². The van der Waals surface area contributed by atoms with Gasteiger partial charge in [-0.3, -0.25) is 0 Å². The van der Waals surface area contributed by atoms with Gasteiger partial charge < -0.3 is 10.3 Å². The third kappa shape index (κ3) is 2.96. The molecule has 5 heteroatoms. The summed E-state index contributed by atoms with van der Waals surface area (Å²) in [5, 5.41) is 4.49. The van der Waals surface area contributed by atoms with Crippen molar-refractivity contribution in [1.82, 2.24) is 15.3 Å². The molecular weight excluding hydrogens is 293 g/mol. The van der Waals surface area contributed by atoms with Crippen molar-refractivity contribution in [2.24, 2.45) is 0 Å². The zero-order chi connectivity index (χ0) is 13.9. The number of benzene rings is 2. The number of imidazole rings is 1. The number of para-hydroxylation sites is 2. The molecule has 2 N–H and O–H groups in total. The Labute approximate surface area is 126 Å².